The molecular weight excluding hydrogens is 282 g/mol. The maximum Gasteiger partial charge on any atom is 0.249 e. The fourth-order valence-corrected chi connectivity index (χ4v) is 2.63. The van der Waals surface area contributed by atoms with Crippen LogP contribution in [0.2, 0.25) is 0 Å². The van der Waals surface area contributed by atoms with Crippen molar-refractivity contribution in [1.82, 2.24) is 15.2 Å². The van der Waals surface area contributed by atoms with E-state index in [1.165, 1.54) is 0 Å². The van der Waals surface area contributed by atoms with Crippen LogP contribution in [0.3, 0.4) is 0 Å². The van der Waals surface area contributed by atoms with Gasteiger partial charge in [-0.1, -0.05) is 13.8 Å². The topological polar surface area (TPSA) is 70.3 Å². The molecule has 0 amide bonds. The molecule has 3 rings (SSSR count). The smallest absolute Gasteiger partial charge is 0.249 e. The monoisotopic (exact) mass is 303 g/mol. The SMILES string of the molecule is COc1cc(-c2nnc(C3CCOCC3)o2)cnc1C(C)C. The van der Waals surface area contributed by atoms with Crippen LogP contribution in [0.5, 0.6) is 5.75 Å². The summed E-state index contributed by atoms with van der Waals surface area (Å²) in [5.74, 6) is 2.51. The predicted octanol–water partition coefficient (Wildman–Crippen LogP) is 3.16. The minimum atomic E-state index is 0.291. The van der Waals surface area contributed by atoms with Crippen molar-refractivity contribution in [1.29, 1.82) is 0 Å². The van der Waals surface area contributed by atoms with Crippen LogP contribution in [0.4, 0.5) is 0 Å². The van der Waals surface area contributed by atoms with Crippen LogP contribution < -0.4 is 4.74 Å². The lowest BCUT2D eigenvalue weighted by atomic mass is 10.0. The maximum absolute atomic E-state index is 5.84. The zero-order valence-corrected chi connectivity index (χ0v) is 13.2. The van der Waals surface area contributed by atoms with E-state index in [4.69, 9.17) is 13.9 Å². The van der Waals surface area contributed by atoms with Gasteiger partial charge in [0.25, 0.3) is 0 Å². The van der Waals surface area contributed by atoms with Crippen molar-refractivity contribution in [2.24, 2.45) is 0 Å². The third kappa shape index (κ3) is 2.97. The van der Waals surface area contributed by atoms with Crippen LogP contribution in [-0.4, -0.2) is 35.5 Å². The molecule has 3 heterocycles. The highest BCUT2D eigenvalue weighted by molar-refractivity contribution is 5.55. The van der Waals surface area contributed by atoms with Gasteiger partial charge >= 0.3 is 0 Å². The molecule has 0 saturated carbocycles. The molecule has 0 N–H and O–H groups in total. The van der Waals surface area contributed by atoms with Crippen molar-refractivity contribution < 1.29 is 13.9 Å². The summed E-state index contributed by atoms with van der Waals surface area (Å²) >= 11 is 0. The molecule has 6 heteroatoms. The number of aromatic nitrogens is 3. The highest BCUT2D eigenvalue weighted by Gasteiger charge is 2.22. The van der Waals surface area contributed by atoms with Crippen molar-refractivity contribution in [2.75, 3.05) is 20.3 Å². The minimum absolute atomic E-state index is 0.291. The molecule has 2 aromatic rings. The van der Waals surface area contributed by atoms with Gasteiger partial charge in [-0.15, -0.1) is 10.2 Å². The summed E-state index contributed by atoms with van der Waals surface area (Å²) in [5, 5.41) is 8.35. The Kier molecular flexibility index (Phi) is 4.38. The van der Waals surface area contributed by atoms with E-state index in [0.717, 1.165) is 43.1 Å². The second-order valence-electron chi connectivity index (χ2n) is 5.80. The highest BCUT2D eigenvalue weighted by Crippen LogP contribution is 2.31. The van der Waals surface area contributed by atoms with E-state index in [9.17, 15) is 0 Å². The van der Waals surface area contributed by atoms with Gasteiger partial charge in [-0.05, 0) is 24.8 Å². The van der Waals surface area contributed by atoms with Gasteiger partial charge in [0.05, 0.1) is 18.4 Å². The minimum Gasteiger partial charge on any atom is -0.495 e. The summed E-state index contributed by atoms with van der Waals surface area (Å²) in [5.41, 5.74) is 1.71. The van der Waals surface area contributed by atoms with Crippen molar-refractivity contribution in [2.45, 2.75) is 38.5 Å². The summed E-state index contributed by atoms with van der Waals surface area (Å²) in [6, 6.07) is 1.91. The fraction of sp³-hybridized carbons (Fsp3) is 0.562. The van der Waals surface area contributed by atoms with Gasteiger partial charge in [-0.3, -0.25) is 4.98 Å². The lowest BCUT2D eigenvalue weighted by molar-refractivity contribution is 0.0795. The van der Waals surface area contributed by atoms with Gasteiger partial charge < -0.3 is 13.9 Å². The first-order valence-corrected chi connectivity index (χ1v) is 7.64. The molecule has 1 fully saturated rings. The summed E-state index contributed by atoms with van der Waals surface area (Å²) in [6.07, 6.45) is 3.62. The molecular formula is C16H21N3O3. The molecule has 1 aliphatic rings. The summed E-state index contributed by atoms with van der Waals surface area (Å²) in [6.45, 7) is 5.67. The van der Waals surface area contributed by atoms with Crippen molar-refractivity contribution >= 4 is 0 Å². The standard InChI is InChI=1S/C16H21N3O3/c1-10(2)14-13(20-3)8-12(9-17-14)16-19-18-15(22-16)11-4-6-21-7-5-11/h8-11H,4-7H2,1-3H3. The van der Waals surface area contributed by atoms with E-state index in [1.54, 1.807) is 13.3 Å². The first kappa shape index (κ1) is 15.0. The van der Waals surface area contributed by atoms with E-state index in [1.807, 2.05) is 6.07 Å². The van der Waals surface area contributed by atoms with Crippen LogP contribution in [0.15, 0.2) is 16.7 Å². The normalized spacial score (nSPS) is 16.2. The molecule has 1 saturated heterocycles. The largest absolute Gasteiger partial charge is 0.495 e. The first-order valence-electron chi connectivity index (χ1n) is 7.64. The Labute approximate surface area is 129 Å². The Balaban J connectivity index is 1.86. The van der Waals surface area contributed by atoms with Crippen molar-refractivity contribution in [3.05, 3.63) is 23.8 Å². The molecule has 118 valence electrons. The number of nitrogens with zero attached hydrogens (tertiary/aromatic N) is 3. The second kappa shape index (κ2) is 6.44. The third-order valence-corrected chi connectivity index (χ3v) is 3.91. The van der Waals surface area contributed by atoms with Crippen molar-refractivity contribution in [3.63, 3.8) is 0 Å². The summed E-state index contributed by atoms with van der Waals surface area (Å²) in [7, 11) is 1.65. The molecule has 2 aromatic heterocycles. The van der Waals surface area contributed by atoms with Crippen LogP contribution in [0.25, 0.3) is 11.5 Å². The molecule has 0 aromatic carbocycles. The quantitative estimate of drug-likeness (QED) is 0.864. The fourth-order valence-electron chi connectivity index (χ4n) is 2.63. The van der Waals surface area contributed by atoms with E-state index in [0.29, 0.717) is 23.6 Å². The molecule has 0 radical (unpaired) electrons. The van der Waals surface area contributed by atoms with Crippen LogP contribution in [-0.2, 0) is 4.74 Å². The van der Waals surface area contributed by atoms with E-state index in [-0.39, 0.29) is 0 Å². The average molecular weight is 303 g/mol. The summed E-state index contributed by atoms with van der Waals surface area (Å²) < 4.78 is 16.6. The highest BCUT2D eigenvalue weighted by atomic mass is 16.5. The van der Waals surface area contributed by atoms with Gasteiger partial charge in [-0.25, -0.2) is 0 Å². The molecule has 22 heavy (non-hydrogen) atoms. The molecule has 0 aliphatic carbocycles. The molecule has 0 atom stereocenters. The number of ether oxygens (including phenoxy) is 2. The third-order valence-electron chi connectivity index (χ3n) is 3.91. The lowest BCUT2D eigenvalue weighted by Crippen LogP contribution is -2.14. The van der Waals surface area contributed by atoms with Gasteiger partial charge in [-0.2, -0.15) is 0 Å². The van der Waals surface area contributed by atoms with Gasteiger partial charge in [0.15, 0.2) is 0 Å². The Morgan fingerprint density at radius 3 is 2.68 bits per heavy atom. The molecule has 0 unspecified atom stereocenters. The number of rotatable bonds is 4. The number of hydrogen-bond donors (Lipinski definition) is 0. The van der Waals surface area contributed by atoms with E-state index >= 15 is 0 Å². The Morgan fingerprint density at radius 1 is 1.23 bits per heavy atom. The zero-order chi connectivity index (χ0) is 15.5. The predicted molar refractivity (Wildman–Crippen MR) is 81.0 cm³/mol. The van der Waals surface area contributed by atoms with E-state index < -0.39 is 0 Å². The average Bonchev–Trinajstić information content (AvgIpc) is 3.05. The van der Waals surface area contributed by atoms with E-state index in [2.05, 4.69) is 29.0 Å². The van der Waals surface area contributed by atoms with Crippen molar-refractivity contribution in [3.8, 4) is 17.2 Å². The van der Waals surface area contributed by atoms with Gasteiger partial charge in [0, 0.05) is 25.3 Å². The second-order valence-corrected chi connectivity index (χ2v) is 5.80. The zero-order valence-electron chi connectivity index (χ0n) is 13.2. The Bertz CT molecular complexity index is 633. The molecule has 0 spiro atoms. The summed E-state index contributed by atoms with van der Waals surface area (Å²) in [4.78, 5) is 4.47. The lowest BCUT2D eigenvalue weighted by Gasteiger charge is -2.18. The Morgan fingerprint density at radius 2 is 2.00 bits per heavy atom. The molecule has 6 nitrogen and oxygen atoms in total. The van der Waals surface area contributed by atoms with Crippen LogP contribution in [0.1, 0.15) is 50.1 Å². The van der Waals surface area contributed by atoms with Crippen LogP contribution in [0, 0.1) is 0 Å². The first-order chi connectivity index (χ1) is 10.7. The Hall–Kier alpha value is -1.95. The van der Waals surface area contributed by atoms with Crippen LogP contribution >= 0.6 is 0 Å². The number of hydrogen-bond acceptors (Lipinski definition) is 6. The maximum atomic E-state index is 5.84. The molecule has 1 aliphatic heterocycles. The number of pyridine rings is 1. The number of methoxy groups -OCH3 is 1. The van der Waals surface area contributed by atoms with Gasteiger partial charge in [0.2, 0.25) is 11.8 Å². The molecule has 0 bridgehead atoms. The van der Waals surface area contributed by atoms with Gasteiger partial charge in [0.1, 0.15) is 5.75 Å².